The van der Waals surface area contributed by atoms with E-state index >= 15 is 0 Å². The van der Waals surface area contributed by atoms with E-state index in [-0.39, 0.29) is 12.5 Å². The van der Waals surface area contributed by atoms with Gasteiger partial charge in [-0.15, -0.1) is 0 Å². The van der Waals surface area contributed by atoms with Crippen LogP contribution < -0.4 is 10.1 Å². The van der Waals surface area contributed by atoms with Crippen LogP contribution in [0.2, 0.25) is 0 Å². The minimum Gasteiger partial charge on any atom is -0.484 e. The summed E-state index contributed by atoms with van der Waals surface area (Å²) in [4.78, 5) is 11.6. The summed E-state index contributed by atoms with van der Waals surface area (Å²) in [5.74, 6) is 1.26. The Morgan fingerprint density at radius 2 is 2.00 bits per heavy atom. The number of amides is 1. The third-order valence-electron chi connectivity index (χ3n) is 2.61. The Morgan fingerprint density at radius 3 is 2.63 bits per heavy atom. The summed E-state index contributed by atoms with van der Waals surface area (Å²) < 4.78 is 10.6. The fourth-order valence-electron chi connectivity index (χ4n) is 1.82. The van der Waals surface area contributed by atoms with Crippen LogP contribution in [0.3, 0.4) is 0 Å². The van der Waals surface area contributed by atoms with Crippen molar-refractivity contribution in [3.63, 3.8) is 0 Å². The minimum absolute atomic E-state index is 0.00357. The van der Waals surface area contributed by atoms with Crippen molar-refractivity contribution in [2.24, 2.45) is 0 Å². The van der Waals surface area contributed by atoms with Crippen molar-refractivity contribution >= 4 is 5.91 Å². The maximum absolute atomic E-state index is 11.6. The smallest absolute Gasteiger partial charge is 0.258 e. The van der Waals surface area contributed by atoms with E-state index in [1.807, 2.05) is 32.0 Å². The van der Waals surface area contributed by atoms with E-state index in [0.717, 1.165) is 16.9 Å². The summed E-state index contributed by atoms with van der Waals surface area (Å²) in [7, 11) is 0. The van der Waals surface area contributed by atoms with Crippen molar-refractivity contribution in [1.82, 2.24) is 5.32 Å². The summed E-state index contributed by atoms with van der Waals surface area (Å²) >= 11 is 0. The SMILES string of the molecule is Cc1cc(C)cc(OCC(=O)NCc2ccco2)c1. The molecule has 0 spiro atoms. The number of carbonyl (C=O) groups excluding carboxylic acids is 1. The van der Waals surface area contributed by atoms with Crippen LogP contribution in [0.5, 0.6) is 5.75 Å². The van der Waals surface area contributed by atoms with Gasteiger partial charge in [-0.2, -0.15) is 0 Å². The highest BCUT2D eigenvalue weighted by Crippen LogP contribution is 2.15. The van der Waals surface area contributed by atoms with E-state index in [4.69, 9.17) is 9.15 Å². The summed E-state index contributed by atoms with van der Waals surface area (Å²) in [5, 5.41) is 2.73. The highest BCUT2D eigenvalue weighted by atomic mass is 16.5. The van der Waals surface area contributed by atoms with Crippen molar-refractivity contribution in [2.45, 2.75) is 20.4 Å². The molecule has 0 atom stereocenters. The van der Waals surface area contributed by atoms with Crippen LogP contribution in [-0.2, 0) is 11.3 Å². The molecule has 100 valence electrons. The number of ether oxygens (including phenoxy) is 1. The van der Waals surface area contributed by atoms with Gasteiger partial charge < -0.3 is 14.5 Å². The molecule has 1 heterocycles. The van der Waals surface area contributed by atoms with Crippen molar-refractivity contribution in [1.29, 1.82) is 0 Å². The summed E-state index contributed by atoms with van der Waals surface area (Å²) in [6.07, 6.45) is 1.58. The quantitative estimate of drug-likeness (QED) is 0.898. The highest BCUT2D eigenvalue weighted by molar-refractivity contribution is 5.77. The Bertz CT molecular complexity index is 526. The van der Waals surface area contributed by atoms with Gasteiger partial charge in [-0.05, 0) is 49.2 Å². The molecule has 1 amide bonds. The second-order valence-electron chi connectivity index (χ2n) is 4.47. The van der Waals surface area contributed by atoms with E-state index in [1.165, 1.54) is 0 Å². The van der Waals surface area contributed by atoms with Crippen LogP contribution in [-0.4, -0.2) is 12.5 Å². The normalized spacial score (nSPS) is 10.2. The third-order valence-corrected chi connectivity index (χ3v) is 2.61. The zero-order valence-electron chi connectivity index (χ0n) is 11.1. The van der Waals surface area contributed by atoms with Crippen LogP contribution >= 0.6 is 0 Å². The third kappa shape index (κ3) is 4.17. The van der Waals surface area contributed by atoms with Crippen molar-refractivity contribution in [2.75, 3.05) is 6.61 Å². The van der Waals surface area contributed by atoms with Gasteiger partial charge in [0.25, 0.3) is 5.91 Å². The van der Waals surface area contributed by atoms with Gasteiger partial charge in [0.05, 0.1) is 12.8 Å². The van der Waals surface area contributed by atoms with Gasteiger partial charge in [0.15, 0.2) is 6.61 Å². The molecule has 0 radical (unpaired) electrons. The van der Waals surface area contributed by atoms with E-state index < -0.39 is 0 Å². The van der Waals surface area contributed by atoms with Crippen molar-refractivity contribution in [3.05, 3.63) is 53.5 Å². The van der Waals surface area contributed by atoms with Crippen molar-refractivity contribution < 1.29 is 13.9 Å². The molecule has 1 N–H and O–H groups in total. The van der Waals surface area contributed by atoms with Gasteiger partial charge >= 0.3 is 0 Å². The van der Waals surface area contributed by atoms with Crippen molar-refractivity contribution in [3.8, 4) is 5.75 Å². The number of benzene rings is 1. The number of furan rings is 1. The second-order valence-corrected chi connectivity index (χ2v) is 4.47. The van der Waals surface area contributed by atoms with Crippen LogP contribution in [0, 0.1) is 13.8 Å². The molecule has 4 heteroatoms. The molecule has 0 saturated carbocycles. The largest absolute Gasteiger partial charge is 0.484 e. The monoisotopic (exact) mass is 259 g/mol. The molecule has 0 saturated heterocycles. The zero-order chi connectivity index (χ0) is 13.7. The van der Waals surface area contributed by atoms with Crippen LogP contribution in [0.1, 0.15) is 16.9 Å². The first-order valence-corrected chi connectivity index (χ1v) is 6.13. The molecule has 0 aliphatic heterocycles. The van der Waals surface area contributed by atoms with Gasteiger partial charge in [0.2, 0.25) is 0 Å². The number of hydrogen-bond donors (Lipinski definition) is 1. The van der Waals surface area contributed by atoms with Gasteiger partial charge in [0, 0.05) is 0 Å². The predicted molar refractivity (Wildman–Crippen MR) is 72.0 cm³/mol. The average molecular weight is 259 g/mol. The van der Waals surface area contributed by atoms with Crippen LogP contribution in [0.15, 0.2) is 41.0 Å². The fourth-order valence-corrected chi connectivity index (χ4v) is 1.82. The number of rotatable bonds is 5. The number of hydrogen-bond acceptors (Lipinski definition) is 3. The fraction of sp³-hybridized carbons (Fsp3) is 0.267. The van der Waals surface area contributed by atoms with E-state index in [1.54, 1.807) is 12.3 Å². The topological polar surface area (TPSA) is 51.5 Å². The molecule has 19 heavy (non-hydrogen) atoms. The molecule has 0 aliphatic carbocycles. The molecule has 1 aromatic heterocycles. The number of carbonyl (C=O) groups is 1. The molecule has 4 nitrogen and oxygen atoms in total. The Hall–Kier alpha value is -2.23. The first kappa shape index (κ1) is 13.2. The Balaban J connectivity index is 1.79. The number of nitrogens with one attached hydrogen (secondary N) is 1. The standard InChI is InChI=1S/C15H17NO3/c1-11-6-12(2)8-14(7-11)19-10-15(17)16-9-13-4-3-5-18-13/h3-8H,9-10H2,1-2H3,(H,16,17). The van der Waals surface area contributed by atoms with E-state index in [9.17, 15) is 4.79 Å². The lowest BCUT2D eigenvalue weighted by Gasteiger charge is -2.08. The maximum atomic E-state index is 11.6. The molecule has 0 unspecified atom stereocenters. The van der Waals surface area contributed by atoms with Gasteiger partial charge in [-0.1, -0.05) is 6.07 Å². The van der Waals surface area contributed by atoms with E-state index in [0.29, 0.717) is 12.3 Å². The lowest BCUT2D eigenvalue weighted by atomic mass is 10.1. The summed E-state index contributed by atoms with van der Waals surface area (Å²) in [5.41, 5.74) is 2.23. The average Bonchev–Trinajstić information content (AvgIpc) is 2.86. The van der Waals surface area contributed by atoms with Gasteiger partial charge in [-0.25, -0.2) is 0 Å². The number of aryl methyl sites for hydroxylation is 2. The Morgan fingerprint density at radius 1 is 1.26 bits per heavy atom. The lowest BCUT2D eigenvalue weighted by molar-refractivity contribution is -0.123. The summed E-state index contributed by atoms with van der Waals surface area (Å²) in [6.45, 7) is 4.37. The molecule has 0 bridgehead atoms. The molecule has 0 aliphatic rings. The van der Waals surface area contributed by atoms with Gasteiger partial charge in [-0.3, -0.25) is 4.79 Å². The molecular formula is C15H17NO3. The zero-order valence-corrected chi connectivity index (χ0v) is 11.1. The summed E-state index contributed by atoms with van der Waals surface area (Å²) in [6, 6.07) is 9.47. The maximum Gasteiger partial charge on any atom is 0.258 e. The molecule has 0 fully saturated rings. The minimum atomic E-state index is -0.171. The van der Waals surface area contributed by atoms with Gasteiger partial charge in [0.1, 0.15) is 11.5 Å². The Labute approximate surface area is 112 Å². The molecular weight excluding hydrogens is 242 g/mol. The highest BCUT2D eigenvalue weighted by Gasteiger charge is 2.04. The van der Waals surface area contributed by atoms with Crippen LogP contribution in [0.4, 0.5) is 0 Å². The first-order chi connectivity index (χ1) is 9.13. The van der Waals surface area contributed by atoms with E-state index in [2.05, 4.69) is 11.4 Å². The second kappa shape index (κ2) is 6.09. The van der Waals surface area contributed by atoms with Crippen LogP contribution in [0.25, 0.3) is 0 Å². The molecule has 2 aromatic rings. The molecule has 2 rings (SSSR count). The molecule has 1 aromatic carbocycles. The lowest BCUT2D eigenvalue weighted by Crippen LogP contribution is -2.28. The Kier molecular flexibility index (Phi) is 4.23. The predicted octanol–water partition coefficient (Wildman–Crippen LogP) is 2.59. The first-order valence-electron chi connectivity index (χ1n) is 6.13.